The molecule has 3 fully saturated rings. The molecule has 0 N–H and O–H groups in total. The third-order valence-electron chi connectivity index (χ3n) is 4.20. The summed E-state index contributed by atoms with van der Waals surface area (Å²) in [6, 6.07) is 0. The molecule has 3 aliphatic rings. The predicted molar refractivity (Wildman–Crippen MR) is 64.5 cm³/mol. The van der Waals surface area contributed by atoms with Crippen molar-refractivity contribution in [2.75, 3.05) is 26.0 Å². The van der Waals surface area contributed by atoms with Crippen LogP contribution in [0.2, 0.25) is 0 Å². The van der Waals surface area contributed by atoms with Crippen LogP contribution in [0.3, 0.4) is 0 Å². The van der Waals surface area contributed by atoms with E-state index < -0.39 is 0 Å². The lowest BCUT2D eigenvalue weighted by Gasteiger charge is -2.47. The van der Waals surface area contributed by atoms with E-state index in [9.17, 15) is 4.79 Å². The lowest BCUT2D eigenvalue weighted by Crippen LogP contribution is -2.61. The average molecular weight is 241 g/mol. The zero-order chi connectivity index (χ0) is 11.3. The van der Waals surface area contributed by atoms with Gasteiger partial charge in [-0.2, -0.15) is 0 Å². The van der Waals surface area contributed by atoms with Gasteiger partial charge >= 0.3 is 0 Å². The molecule has 3 rings (SSSR count). The van der Waals surface area contributed by atoms with E-state index in [-0.39, 0.29) is 0 Å². The highest BCUT2D eigenvalue weighted by molar-refractivity contribution is 8.01. The third kappa shape index (κ3) is 1.66. The van der Waals surface area contributed by atoms with Gasteiger partial charge in [-0.15, -0.1) is 11.8 Å². The minimum absolute atomic E-state index is 0.342. The van der Waals surface area contributed by atoms with E-state index >= 15 is 0 Å². The molecule has 0 aromatic heterocycles. The van der Waals surface area contributed by atoms with Gasteiger partial charge in [0.05, 0.1) is 10.9 Å². The van der Waals surface area contributed by atoms with Crippen molar-refractivity contribution < 1.29 is 9.53 Å². The standard InChI is InChI=1S/C12H19NO2S/c1-8-3-10(8)11(14)13-6-12(7-13)4-9(15-2)5-16-12/h8-10H,3-7H2,1-2H3/t8-,9-,10+/m0/s1. The number of carbonyl (C=O) groups is 1. The predicted octanol–water partition coefficient (Wildman–Crippen LogP) is 1.38. The third-order valence-corrected chi connectivity index (χ3v) is 5.78. The maximum absolute atomic E-state index is 12.0. The van der Waals surface area contributed by atoms with Crippen molar-refractivity contribution in [1.29, 1.82) is 0 Å². The quantitative estimate of drug-likeness (QED) is 0.731. The topological polar surface area (TPSA) is 29.5 Å². The Hall–Kier alpha value is -0.220. The molecule has 90 valence electrons. The van der Waals surface area contributed by atoms with E-state index in [4.69, 9.17) is 4.74 Å². The van der Waals surface area contributed by atoms with Gasteiger partial charge in [0.1, 0.15) is 0 Å². The lowest BCUT2D eigenvalue weighted by molar-refractivity contribution is -0.138. The van der Waals surface area contributed by atoms with Gasteiger partial charge in [0.2, 0.25) is 5.91 Å². The minimum atomic E-state index is 0.342. The van der Waals surface area contributed by atoms with Gasteiger partial charge in [0.25, 0.3) is 0 Å². The van der Waals surface area contributed by atoms with Crippen LogP contribution >= 0.6 is 11.8 Å². The zero-order valence-electron chi connectivity index (χ0n) is 9.94. The molecule has 4 heteroatoms. The van der Waals surface area contributed by atoms with Crippen LogP contribution in [0.1, 0.15) is 19.8 Å². The van der Waals surface area contributed by atoms with Gasteiger partial charge in [-0.25, -0.2) is 0 Å². The van der Waals surface area contributed by atoms with Crippen LogP contribution in [-0.4, -0.2) is 47.6 Å². The number of likely N-dealkylation sites (tertiary alicyclic amines) is 1. The Bertz CT molecular complexity index is 314. The summed E-state index contributed by atoms with van der Waals surface area (Å²) in [5, 5.41) is 0. The fourth-order valence-corrected chi connectivity index (χ4v) is 4.47. The molecule has 16 heavy (non-hydrogen) atoms. The first-order chi connectivity index (χ1) is 7.63. The highest BCUT2D eigenvalue weighted by Gasteiger charge is 2.53. The van der Waals surface area contributed by atoms with Crippen molar-refractivity contribution in [3.8, 4) is 0 Å². The molecule has 2 aliphatic heterocycles. The molecule has 2 saturated heterocycles. The van der Waals surface area contributed by atoms with Crippen molar-refractivity contribution in [3.63, 3.8) is 0 Å². The summed E-state index contributed by atoms with van der Waals surface area (Å²) in [5.41, 5.74) is 0. The van der Waals surface area contributed by atoms with Crippen molar-refractivity contribution >= 4 is 17.7 Å². The largest absolute Gasteiger partial charge is 0.381 e. The molecule has 0 aromatic rings. The van der Waals surface area contributed by atoms with Gasteiger partial charge in [0, 0.05) is 31.9 Å². The maximum atomic E-state index is 12.0. The second kappa shape index (κ2) is 3.64. The summed E-state index contributed by atoms with van der Waals surface area (Å²) >= 11 is 2.00. The first-order valence-corrected chi connectivity index (χ1v) is 7.08. The summed E-state index contributed by atoms with van der Waals surface area (Å²) in [6.45, 7) is 4.09. The smallest absolute Gasteiger partial charge is 0.226 e. The van der Waals surface area contributed by atoms with Crippen molar-refractivity contribution in [2.45, 2.75) is 30.6 Å². The summed E-state index contributed by atoms with van der Waals surface area (Å²) < 4.78 is 5.73. The lowest BCUT2D eigenvalue weighted by atomic mass is 9.92. The van der Waals surface area contributed by atoms with Crippen LogP contribution in [0, 0.1) is 11.8 Å². The number of thioether (sulfide) groups is 1. The number of nitrogens with zero attached hydrogens (tertiary/aromatic N) is 1. The van der Waals surface area contributed by atoms with Crippen LogP contribution < -0.4 is 0 Å². The Labute approximate surface area is 101 Å². The number of hydrogen-bond acceptors (Lipinski definition) is 3. The highest BCUT2D eigenvalue weighted by Crippen LogP contribution is 2.48. The van der Waals surface area contributed by atoms with Gasteiger partial charge < -0.3 is 9.64 Å². The molecule has 0 unspecified atom stereocenters. The molecule has 0 aromatic carbocycles. The summed E-state index contributed by atoms with van der Waals surface area (Å²) in [4.78, 5) is 14.0. The van der Waals surface area contributed by atoms with Crippen LogP contribution in [0.4, 0.5) is 0 Å². The number of rotatable bonds is 2. The summed E-state index contributed by atoms with van der Waals surface area (Å²) in [5.74, 6) is 2.48. The molecule has 1 saturated carbocycles. The molecule has 1 spiro atoms. The second-order valence-corrected chi connectivity index (χ2v) is 7.06. The maximum Gasteiger partial charge on any atom is 0.226 e. The van der Waals surface area contributed by atoms with E-state index in [2.05, 4.69) is 11.8 Å². The van der Waals surface area contributed by atoms with E-state index in [1.54, 1.807) is 7.11 Å². The van der Waals surface area contributed by atoms with Crippen LogP contribution in [0.5, 0.6) is 0 Å². The van der Waals surface area contributed by atoms with E-state index in [0.29, 0.717) is 28.6 Å². The fourth-order valence-electron chi connectivity index (χ4n) is 2.88. The van der Waals surface area contributed by atoms with Gasteiger partial charge in [-0.1, -0.05) is 6.92 Å². The van der Waals surface area contributed by atoms with E-state index in [1.165, 1.54) is 0 Å². The van der Waals surface area contributed by atoms with Crippen LogP contribution in [-0.2, 0) is 9.53 Å². The Morgan fingerprint density at radius 1 is 1.50 bits per heavy atom. The first kappa shape index (κ1) is 10.9. The zero-order valence-corrected chi connectivity index (χ0v) is 10.8. The van der Waals surface area contributed by atoms with Crippen molar-refractivity contribution in [1.82, 2.24) is 4.90 Å². The van der Waals surface area contributed by atoms with Crippen molar-refractivity contribution in [2.24, 2.45) is 11.8 Å². The van der Waals surface area contributed by atoms with Gasteiger partial charge in [-0.05, 0) is 18.8 Å². The molecule has 0 bridgehead atoms. The number of methoxy groups -OCH3 is 1. The molecule has 3 atom stereocenters. The Balaban J connectivity index is 1.53. The Morgan fingerprint density at radius 3 is 2.69 bits per heavy atom. The Morgan fingerprint density at radius 2 is 2.19 bits per heavy atom. The highest BCUT2D eigenvalue weighted by atomic mass is 32.2. The monoisotopic (exact) mass is 241 g/mol. The Kier molecular flexibility index (Phi) is 2.48. The number of amides is 1. The number of hydrogen-bond donors (Lipinski definition) is 0. The fraction of sp³-hybridized carbons (Fsp3) is 0.917. The molecule has 1 amide bonds. The van der Waals surface area contributed by atoms with Crippen LogP contribution in [0.25, 0.3) is 0 Å². The number of ether oxygens (including phenoxy) is 1. The minimum Gasteiger partial charge on any atom is -0.381 e. The second-order valence-electron chi connectivity index (χ2n) is 5.57. The average Bonchev–Trinajstić information content (AvgIpc) is 2.80. The van der Waals surface area contributed by atoms with Crippen LogP contribution in [0.15, 0.2) is 0 Å². The summed E-state index contributed by atoms with van der Waals surface area (Å²) in [6.07, 6.45) is 2.64. The number of carbonyl (C=O) groups excluding carboxylic acids is 1. The first-order valence-electron chi connectivity index (χ1n) is 6.09. The molecular formula is C12H19NO2S. The van der Waals surface area contributed by atoms with Gasteiger partial charge in [0.15, 0.2) is 0 Å². The molecular weight excluding hydrogens is 222 g/mol. The van der Waals surface area contributed by atoms with E-state index in [0.717, 1.165) is 31.7 Å². The molecule has 1 aliphatic carbocycles. The molecule has 3 nitrogen and oxygen atoms in total. The molecule has 2 heterocycles. The van der Waals surface area contributed by atoms with Gasteiger partial charge in [-0.3, -0.25) is 4.79 Å². The van der Waals surface area contributed by atoms with Crippen molar-refractivity contribution in [3.05, 3.63) is 0 Å². The summed E-state index contributed by atoms with van der Waals surface area (Å²) in [7, 11) is 1.79. The SMILES string of the molecule is CO[C@@H]1CSC2(C1)CN(C(=O)[C@@H]1C[C@@H]1C)C2. The normalized spacial score (nSPS) is 39.9. The van der Waals surface area contributed by atoms with E-state index in [1.807, 2.05) is 11.8 Å². The molecule has 0 radical (unpaired) electrons.